The van der Waals surface area contributed by atoms with Crippen LogP contribution in [0.3, 0.4) is 0 Å². The Labute approximate surface area is 137 Å². The van der Waals surface area contributed by atoms with Gasteiger partial charge in [-0.25, -0.2) is 0 Å². The van der Waals surface area contributed by atoms with Gasteiger partial charge in [-0.2, -0.15) is 0 Å². The van der Waals surface area contributed by atoms with Gasteiger partial charge in [0, 0.05) is 24.7 Å². The van der Waals surface area contributed by atoms with Crippen LogP contribution in [0.1, 0.15) is 43.0 Å². The molecule has 0 saturated carbocycles. The Balaban J connectivity index is 1.44. The molecular formula is C18H26N2O3. The predicted molar refractivity (Wildman–Crippen MR) is 89.3 cm³/mol. The number of hydrogen-bond acceptors (Lipinski definition) is 4. The van der Waals surface area contributed by atoms with Crippen molar-refractivity contribution < 1.29 is 14.3 Å². The van der Waals surface area contributed by atoms with Crippen LogP contribution in [0.15, 0.2) is 18.2 Å². The summed E-state index contributed by atoms with van der Waals surface area (Å²) in [6.45, 7) is 6.35. The van der Waals surface area contributed by atoms with Crippen LogP contribution in [-0.4, -0.2) is 49.7 Å². The van der Waals surface area contributed by atoms with Gasteiger partial charge >= 0.3 is 0 Å². The molecule has 0 spiro atoms. The van der Waals surface area contributed by atoms with E-state index in [9.17, 15) is 4.79 Å². The molecule has 1 aromatic carbocycles. The number of nitrogens with zero attached hydrogens (tertiary/aromatic N) is 1. The minimum absolute atomic E-state index is 0.0475. The summed E-state index contributed by atoms with van der Waals surface area (Å²) in [6.07, 6.45) is 4.93. The molecule has 1 aromatic rings. The number of hydrogen-bond donors (Lipinski definition) is 1. The normalized spacial score (nSPS) is 21.0. The van der Waals surface area contributed by atoms with Gasteiger partial charge in [-0.15, -0.1) is 0 Å². The molecule has 5 heteroatoms. The van der Waals surface area contributed by atoms with Gasteiger partial charge in [0.05, 0.1) is 0 Å². The van der Waals surface area contributed by atoms with Crippen molar-refractivity contribution in [3.8, 4) is 11.5 Å². The molecular weight excluding hydrogens is 292 g/mol. The lowest BCUT2D eigenvalue weighted by Crippen LogP contribution is -2.39. The van der Waals surface area contributed by atoms with Crippen LogP contribution in [0.5, 0.6) is 11.5 Å². The number of likely N-dealkylation sites (tertiary alicyclic amines) is 1. The molecule has 5 nitrogen and oxygen atoms in total. The third kappa shape index (κ3) is 4.16. The molecule has 1 amide bonds. The van der Waals surface area contributed by atoms with E-state index in [1.807, 2.05) is 0 Å². The minimum Gasteiger partial charge on any atom is -0.486 e. The second-order valence-corrected chi connectivity index (χ2v) is 6.35. The molecule has 1 N–H and O–H groups in total. The molecule has 0 bridgehead atoms. The lowest BCUT2D eigenvalue weighted by molar-refractivity contribution is 0.0947. The fourth-order valence-corrected chi connectivity index (χ4v) is 3.26. The third-order valence-electron chi connectivity index (χ3n) is 4.65. The zero-order valence-corrected chi connectivity index (χ0v) is 13.8. The number of nitrogens with one attached hydrogen (secondary N) is 1. The van der Waals surface area contributed by atoms with Crippen LogP contribution in [0.2, 0.25) is 0 Å². The van der Waals surface area contributed by atoms with Crippen molar-refractivity contribution in [2.75, 3.05) is 32.8 Å². The quantitative estimate of drug-likeness (QED) is 0.847. The number of piperidine rings is 1. The van der Waals surface area contributed by atoms with Crippen LogP contribution in [0.4, 0.5) is 0 Å². The second kappa shape index (κ2) is 7.68. The first-order chi connectivity index (χ1) is 11.2. The van der Waals surface area contributed by atoms with Crippen LogP contribution in [-0.2, 0) is 0 Å². The third-order valence-corrected chi connectivity index (χ3v) is 4.65. The van der Waals surface area contributed by atoms with Crippen LogP contribution in [0, 0.1) is 0 Å². The molecule has 3 rings (SSSR count). The Morgan fingerprint density at radius 2 is 2.09 bits per heavy atom. The average Bonchev–Trinajstić information content (AvgIpc) is 2.59. The van der Waals surface area contributed by atoms with Crippen molar-refractivity contribution in [1.29, 1.82) is 0 Å². The first-order valence-corrected chi connectivity index (χ1v) is 8.66. The van der Waals surface area contributed by atoms with E-state index >= 15 is 0 Å². The Kier molecular flexibility index (Phi) is 5.39. The van der Waals surface area contributed by atoms with E-state index in [2.05, 4.69) is 17.1 Å². The lowest BCUT2D eigenvalue weighted by Gasteiger charge is -2.33. The fourth-order valence-electron chi connectivity index (χ4n) is 3.26. The molecule has 2 aliphatic heterocycles. The first-order valence-electron chi connectivity index (χ1n) is 8.66. The van der Waals surface area contributed by atoms with E-state index in [0.29, 0.717) is 42.9 Å². The van der Waals surface area contributed by atoms with Crippen molar-refractivity contribution in [1.82, 2.24) is 10.2 Å². The van der Waals surface area contributed by atoms with Gasteiger partial charge in [-0.3, -0.25) is 4.79 Å². The smallest absolute Gasteiger partial charge is 0.251 e. The molecule has 0 aromatic heterocycles. The number of rotatable bonds is 5. The Morgan fingerprint density at radius 3 is 2.91 bits per heavy atom. The topological polar surface area (TPSA) is 50.8 Å². The van der Waals surface area contributed by atoms with Crippen molar-refractivity contribution in [2.24, 2.45) is 0 Å². The molecule has 2 aliphatic rings. The number of benzene rings is 1. The van der Waals surface area contributed by atoms with Gasteiger partial charge < -0.3 is 19.7 Å². The highest BCUT2D eigenvalue weighted by Gasteiger charge is 2.18. The van der Waals surface area contributed by atoms with E-state index in [-0.39, 0.29) is 5.91 Å². The van der Waals surface area contributed by atoms with Crippen molar-refractivity contribution in [2.45, 2.75) is 38.6 Å². The number of carbonyl (C=O) groups is 1. The standard InChI is InChI=1S/C18H26N2O3/c1-14-5-2-3-9-20(14)10-4-8-19-18(21)15-6-7-16-17(13-15)23-12-11-22-16/h6-7,13-14H,2-5,8-12H2,1H3,(H,19,21). The summed E-state index contributed by atoms with van der Waals surface area (Å²) < 4.78 is 11.0. The lowest BCUT2D eigenvalue weighted by atomic mass is 10.0. The summed E-state index contributed by atoms with van der Waals surface area (Å²) in [5.41, 5.74) is 0.626. The molecule has 126 valence electrons. The first kappa shape index (κ1) is 16.1. The SMILES string of the molecule is CC1CCCCN1CCCNC(=O)c1ccc2c(c1)OCCO2. The molecule has 2 heterocycles. The maximum absolute atomic E-state index is 12.2. The van der Waals surface area contributed by atoms with E-state index in [0.717, 1.165) is 13.0 Å². The number of fused-ring (bicyclic) bond motifs is 1. The molecule has 0 aliphatic carbocycles. The van der Waals surface area contributed by atoms with E-state index < -0.39 is 0 Å². The van der Waals surface area contributed by atoms with E-state index in [4.69, 9.17) is 9.47 Å². The monoisotopic (exact) mass is 318 g/mol. The summed E-state index contributed by atoms with van der Waals surface area (Å²) in [7, 11) is 0. The maximum atomic E-state index is 12.2. The van der Waals surface area contributed by atoms with Crippen LogP contribution < -0.4 is 14.8 Å². The van der Waals surface area contributed by atoms with Gasteiger partial charge in [0.25, 0.3) is 5.91 Å². The Hall–Kier alpha value is -1.75. The summed E-state index contributed by atoms with van der Waals surface area (Å²) in [6, 6.07) is 6.03. The van der Waals surface area contributed by atoms with Crippen LogP contribution in [0.25, 0.3) is 0 Å². The van der Waals surface area contributed by atoms with E-state index in [1.54, 1.807) is 18.2 Å². The number of ether oxygens (including phenoxy) is 2. The largest absolute Gasteiger partial charge is 0.486 e. The fraction of sp³-hybridized carbons (Fsp3) is 0.611. The molecule has 23 heavy (non-hydrogen) atoms. The van der Waals surface area contributed by atoms with Gasteiger partial charge in [0.1, 0.15) is 13.2 Å². The zero-order valence-electron chi connectivity index (χ0n) is 13.8. The second-order valence-electron chi connectivity index (χ2n) is 6.35. The highest BCUT2D eigenvalue weighted by molar-refractivity contribution is 5.94. The zero-order chi connectivity index (χ0) is 16.1. The van der Waals surface area contributed by atoms with Crippen molar-refractivity contribution >= 4 is 5.91 Å². The van der Waals surface area contributed by atoms with Gasteiger partial charge in [0.15, 0.2) is 11.5 Å². The Morgan fingerprint density at radius 1 is 1.26 bits per heavy atom. The summed E-state index contributed by atoms with van der Waals surface area (Å²) in [4.78, 5) is 14.8. The molecule has 1 saturated heterocycles. The van der Waals surface area contributed by atoms with E-state index in [1.165, 1.54) is 25.8 Å². The Bertz CT molecular complexity index is 547. The maximum Gasteiger partial charge on any atom is 0.251 e. The average molecular weight is 318 g/mol. The van der Waals surface area contributed by atoms with Crippen molar-refractivity contribution in [3.05, 3.63) is 23.8 Å². The molecule has 1 atom stereocenters. The summed E-state index contributed by atoms with van der Waals surface area (Å²) >= 11 is 0. The van der Waals surface area contributed by atoms with Crippen molar-refractivity contribution in [3.63, 3.8) is 0 Å². The van der Waals surface area contributed by atoms with Gasteiger partial charge in [0.2, 0.25) is 0 Å². The highest BCUT2D eigenvalue weighted by atomic mass is 16.6. The minimum atomic E-state index is -0.0475. The molecule has 1 fully saturated rings. The van der Waals surface area contributed by atoms with Crippen LogP contribution >= 0.6 is 0 Å². The predicted octanol–water partition coefficient (Wildman–Crippen LogP) is 2.45. The molecule has 1 unspecified atom stereocenters. The number of amides is 1. The molecule has 0 radical (unpaired) electrons. The number of carbonyl (C=O) groups excluding carboxylic acids is 1. The van der Waals surface area contributed by atoms with Gasteiger partial charge in [-0.1, -0.05) is 6.42 Å². The summed E-state index contributed by atoms with van der Waals surface area (Å²) in [5.74, 6) is 1.33. The van der Waals surface area contributed by atoms with Gasteiger partial charge in [-0.05, 0) is 50.9 Å². The highest BCUT2D eigenvalue weighted by Crippen LogP contribution is 2.30. The summed E-state index contributed by atoms with van der Waals surface area (Å²) in [5, 5.41) is 3.00.